The van der Waals surface area contributed by atoms with Crippen molar-refractivity contribution < 1.29 is 24.2 Å². The van der Waals surface area contributed by atoms with Crippen molar-refractivity contribution in [2.45, 2.75) is 187 Å². The van der Waals surface area contributed by atoms with E-state index in [4.69, 9.17) is 9.47 Å². The summed E-state index contributed by atoms with van der Waals surface area (Å²) >= 11 is 4.22. The highest BCUT2D eigenvalue weighted by molar-refractivity contribution is 7.99. The van der Waals surface area contributed by atoms with Crippen molar-refractivity contribution in [2.24, 2.45) is 0 Å². The van der Waals surface area contributed by atoms with Crippen molar-refractivity contribution in [1.82, 2.24) is 0 Å². The number of hydrogen-bond donors (Lipinski definition) is 1. The Balaban J connectivity index is 3.49. The molecular formula is C37H72O5S2. The lowest BCUT2D eigenvalue weighted by atomic mass is 10.1. The fourth-order valence-electron chi connectivity index (χ4n) is 5.16. The van der Waals surface area contributed by atoms with Gasteiger partial charge in [-0.2, -0.15) is 23.5 Å². The predicted octanol–water partition coefficient (Wildman–Crippen LogP) is 11.1. The van der Waals surface area contributed by atoms with Crippen LogP contribution in [0, 0.1) is 0 Å². The molecule has 1 unspecified atom stereocenters. The maximum atomic E-state index is 12.1. The molecule has 0 fully saturated rings. The molecule has 0 heterocycles. The maximum absolute atomic E-state index is 12.1. The largest absolute Gasteiger partial charge is 0.462 e. The van der Waals surface area contributed by atoms with Gasteiger partial charge in [-0.15, -0.1) is 0 Å². The SMILES string of the molecule is CCCCCCCSCCCCCCCCCC(=O)OCC(CO)OC(=O)CCCCCCCCCSCCCCCCC. The Hall–Kier alpha value is -0.400. The topological polar surface area (TPSA) is 72.8 Å². The van der Waals surface area contributed by atoms with Crippen molar-refractivity contribution >= 4 is 35.5 Å². The van der Waals surface area contributed by atoms with Crippen LogP contribution in [0.5, 0.6) is 0 Å². The summed E-state index contributed by atoms with van der Waals surface area (Å²) in [5.74, 6) is 4.64. The monoisotopic (exact) mass is 660 g/mol. The molecule has 0 saturated heterocycles. The highest BCUT2D eigenvalue weighted by Gasteiger charge is 2.16. The first kappa shape index (κ1) is 43.6. The zero-order chi connectivity index (χ0) is 32.2. The molecule has 7 heteroatoms. The van der Waals surface area contributed by atoms with Crippen LogP contribution in [0.1, 0.15) is 181 Å². The molecule has 0 aromatic rings. The van der Waals surface area contributed by atoms with Gasteiger partial charge in [0, 0.05) is 12.8 Å². The van der Waals surface area contributed by atoms with Crippen LogP contribution in [-0.4, -0.2) is 59.4 Å². The van der Waals surface area contributed by atoms with Gasteiger partial charge in [0.1, 0.15) is 6.61 Å². The first-order valence-corrected chi connectivity index (χ1v) is 21.1. The van der Waals surface area contributed by atoms with Crippen LogP contribution in [0.25, 0.3) is 0 Å². The van der Waals surface area contributed by atoms with Gasteiger partial charge in [0.2, 0.25) is 0 Å². The smallest absolute Gasteiger partial charge is 0.306 e. The van der Waals surface area contributed by atoms with Gasteiger partial charge in [-0.1, -0.05) is 129 Å². The highest BCUT2D eigenvalue weighted by atomic mass is 32.2. The molecule has 44 heavy (non-hydrogen) atoms. The summed E-state index contributed by atoms with van der Waals surface area (Å²) in [6.45, 7) is 4.14. The zero-order valence-corrected chi connectivity index (χ0v) is 30.7. The third-order valence-electron chi connectivity index (χ3n) is 8.06. The Morgan fingerprint density at radius 3 is 1.23 bits per heavy atom. The van der Waals surface area contributed by atoms with Crippen LogP contribution in [0.15, 0.2) is 0 Å². The summed E-state index contributed by atoms with van der Waals surface area (Å²) in [7, 11) is 0. The molecule has 0 spiro atoms. The second kappa shape index (κ2) is 37.1. The molecule has 0 rings (SSSR count). The first-order chi connectivity index (χ1) is 21.6. The lowest BCUT2D eigenvalue weighted by Crippen LogP contribution is -2.28. The minimum absolute atomic E-state index is 0.0605. The molecule has 5 nitrogen and oxygen atoms in total. The van der Waals surface area contributed by atoms with Crippen LogP contribution < -0.4 is 0 Å². The molecule has 0 radical (unpaired) electrons. The van der Waals surface area contributed by atoms with E-state index in [2.05, 4.69) is 37.4 Å². The van der Waals surface area contributed by atoms with E-state index in [1.165, 1.54) is 139 Å². The van der Waals surface area contributed by atoms with E-state index in [0.29, 0.717) is 12.8 Å². The standard InChI is InChI=1S/C37H72O5S2/c1-3-5-7-17-23-29-43-31-25-19-13-9-11-15-21-27-36(39)41-34-35(33-38)42-37(40)28-22-16-12-10-14-20-26-32-44-30-24-18-8-6-4-2/h35,38H,3-34H2,1-2H3. The van der Waals surface area contributed by atoms with Gasteiger partial charge < -0.3 is 14.6 Å². The van der Waals surface area contributed by atoms with Gasteiger partial charge in [-0.3, -0.25) is 9.59 Å². The van der Waals surface area contributed by atoms with Gasteiger partial charge in [0.25, 0.3) is 0 Å². The molecule has 0 bridgehead atoms. The number of carbonyl (C=O) groups is 2. The van der Waals surface area contributed by atoms with Gasteiger partial charge in [0.05, 0.1) is 6.61 Å². The van der Waals surface area contributed by atoms with E-state index in [9.17, 15) is 14.7 Å². The molecule has 0 aromatic carbocycles. The Kier molecular flexibility index (Phi) is 36.7. The molecule has 0 aliphatic heterocycles. The molecule has 0 amide bonds. The average Bonchev–Trinajstić information content (AvgIpc) is 3.02. The summed E-state index contributed by atoms with van der Waals surface area (Å²) in [4.78, 5) is 24.2. The molecule has 0 saturated carbocycles. The minimum atomic E-state index is -0.764. The molecule has 262 valence electrons. The molecule has 0 aliphatic carbocycles. The summed E-state index contributed by atoms with van der Waals surface area (Å²) in [5, 5.41) is 9.54. The number of unbranched alkanes of at least 4 members (excludes halogenated alkanes) is 20. The van der Waals surface area contributed by atoms with E-state index in [1.54, 1.807) is 0 Å². The molecule has 0 aliphatic rings. The number of esters is 2. The highest BCUT2D eigenvalue weighted by Crippen LogP contribution is 2.15. The van der Waals surface area contributed by atoms with Crippen molar-refractivity contribution in [3.63, 3.8) is 0 Å². The van der Waals surface area contributed by atoms with Crippen molar-refractivity contribution in [3.8, 4) is 0 Å². The maximum Gasteiger partial charge on any atom is 0.306 e. The van der Waals surface area contributed by atoms with Crippen LogP contribution in [-0.2, 0) is 19.1 Å². The van der Waals surface area contributed by atoms with E-state index in [-0.39, 0.29) is 25.2 Å². The third kappa shape index (κ3) is 34.5. The Morgan fingerprint density at radius 1 is 0.500 bits per heavy atom. The molecular weight excluding hydrogens is 589 g/mol. The summed E-state index contributed by atoms with van der Waals surface area (Å²) < 4.78 is 10.6. The zero-order valence-electron chi connectivity index (χ0n) is 29.1. The Bertz CT molecular complexity index is 604. The van der Waals surface area contributed by atoms with Gasteiger partial charge in [0.15, 0.2) is 6.10 Å². The van der Waals surface area contributed by atoms with E-state index in [0.717, 1.165) is 38.5 Å². The van der Waals surface area contributed by atoms with Crippen LogP contribution >= 0.6 is 23.5 Å². The molecule has 0 aromatic heterocycles. The lowest BCUT2D eigenvalue weighted by Gasteiger charge is -2.15. The Morgan fingerprint density at radius 2 is 0.841 bits per heavy atom. The summed E-state index contributed by atoms with van der Waals surface area (Å²) in [5.41, 5.74) is 0. The normalized spacial score (nSPS) is 12.0. The first-order valence-electron chi connectivity index (χ1n) is 18.7. The number of carbonyl (C=O) groups excluding carboxylic acids is 2. The summed E-state index contributed by atoms with van der Waals surface area (Å²) in [6, 6.07) is 0. The average molecular weight is 661 g/mol. The van der Waals surface area contributed by atoms with Gasteiger partial charge >= 0.3 is 11.9 Å². The van der Waals surface area contributed by atoms with Crippen molar-refractivity contribution in [2.75, 3.05) is 36.2 Å². The Labute approximate surface area is 281 Å². The van der Waals surface area contributed by atoms with E-state index in [1.807, 2.05) is 0 Å². The number of ether oxygens (including phenoxy) is 2. The number of aliphatic hydroxyl groups excluding tert-OH is 1. The number of hydrogen-bond acceptors (Lipinski definition) is 7. The van der Waals surface area contributed by atoms with Crippen LogP contribution in [0.4, 0.5) is 0 Å². The summed E-state index contributed by atoms with van der Waals surface area (Å²) in [6.07, 6.45) is 30.0. The molecule has 1 N–H and O–H groups in total. The fourth-order valence-corrected chi connectivity index (χ4v) is 7.20. The van der Waals surface area contributed by atoms with Crippen molar-refractivity contribution in [1.29, 1.82) is 0 Å². The number of rotatable bonds is 36. The van der Waals surface area contributed by atoms with Crippen LogP contribution in [0.3, 0.4) is 0 Å². The molecule has 1 atom stereocenters. The minimum Gasteiger partial charge on any atom is -0.462 e. The van der Waals surface area contributed by atoms with Crippen molar-refractivity contribution in [3.05, 3.63) is 0 Å². The number of thioether (sulfide) groups is 2. The van der Waals surface area contributed by atoms with E-state index < -0.39 is 6.10 Å². The number of aliphatic hydroxyl groups is 1. The van der Waals surface area contributed by atoms with Gasteiger partial charge in [-0.05, 0) is 61.5 Å². The van der Waals surface area contributed by atoms with E-state index >= 15 is 0 Å². The fraction of sp³-hybridized carbons (Fsp3) is 0.946. The second-order valence-electron chi connectivity index (χ2n) is 12.5. The quantitative estimate of drug-likeness (QED) is 0.0529. The van der Waals surface area contributed by atoms with Crippen LogP contribution in [0.2, 0.25) is 0 Å². The lowest BCUT2D eigenvalue weighted by molar-refractivity contribution is -0.161. The third-order valence-corrected chi connectivity index (χ3v) is 10.4. The predicted molar refractivity (Wildman–Crippen MR) is 194 cm³/mol. The van der Waals surface area contributed by atoms with Gasteiger partial charge in [-0.25, -0.2) is 0 Å². The second-order valence-corrected chi connectivity index (χ2v) is 14.9.